The number of alkyl halides is 3. The van der Waals surface area contributed by atoms with Crippen LogP contribution in [-0.4, -0.2) is 20.4 Å². The summed E-state index contributed by atoms with van der Waals surface area (Å²) in [6.07, 6.45) is 0.986. The maximum absolute atomic E-state index is 12.7. The summed E-state index contributed by atoms with van der Waals surface area (Å²) in [6.45, 7) is 0. The van der Waals surface area contributed by atoms with Crippen molar-refractivity contribution in [3.63, 3.8) is 0 Å². The number of nitrogens with one attached hydrogen (secondary N) is 2. The highest BCUT2D eigenvalue weighted by Gasteiger charge is 2.31. The van der Waals surface area contributed by atoms with E-state index < -0.39 is 17.6 Å². The SMILES string of the molecule is O=C(NNc1ncc(C(F)(F)F)cc1Cl)c1cccn1-c1ccc(Oc2ccncc2)cc1. The molecule has 7 nitrogen and oxygen atoms in total. The lowest BCUT2D eigenvalue weighted by Crippen LogP contribution is -2.31. The van der Waals surface area contributed by atoms with Gasteiger partial charge in [-0.1, -0.05) is 11.6 Å². The molecule has 0 atom stereocenters. The fourth-order valence-corrected chi connectivity index (χ4v) is 3.09. The molecule has 4 rings (SSSR count). The van der Waals surface area contributed by atoms with Crippen molar-refractivity contribution in [3.05, 3.63) is 95.7 Å². The van der Waals surface area contributed by atoms with Crippen LogP contribution < -0.4 is 15.6 Å². The summed E-state index contributed by atoms with van der Waals surface area (Å²) in [4.78, 5) is 20.2. The zero-order valence-electron chi connectivity index (χ0n) is 16.7. The van der Waals surface area contributed by atoms with Crippen LogP contribution in [0.5, 0.6) is 11.5 Å². The molecule has 0 spiro atoms. The molecule has 0 saturated carbocycles. The van der Waals surface area contributed by atoms with Gasteiger partial charge in [0, 0.05) is 30.5 Å². The summed E-state index contributed by atoms with van der Waals surface area (Å²) in [5.41, 5.74) is 4.81. The van der Waals surface area contributed by atoms with Crippen molar-refractivity contribution < 1.29 is 22.7 Å². The first-order valence-electron chi connectivity index (χ1n) is 9.46. The normalized spacial score (nSPS) is 11.2. The first-order chi connectivity index (χ1) is 15.8. The Bertz CT molecular complexity index is 1260. The van der Waals surface area contributed by atoms with Gasteiger partial charge in [-0.15, -0.1) is 0 Å². The second-order valence-corrected chi connectivity index (χ2v) is 7.08. The van der Waals surface area contributed by atoms with Gasteiger partial charge in [0.1, 0.15) is 17.2 Å². The average molecular weight is 474 g/mol. The number of halogens is 4. The molecular formula is C22H15ClF3N5O2. The van der Waals surface area contributed by atoms with Gasteiger partial charge < -0.3 is 9.30 Å². The Kier molecular flexibility index (Phi) is 6.18. The second kappa shape index (κ2) is 9.21. The molecule has 0 fully saturated rings. The standard InChI is InChI=1S/C22H15ClF3N5O2/c23-18-12-14(22(24,25)26)13-28-20(18)29-30-21(32)19-2-1-11-31(19)15-3-5-16(6-4-15)33-17-7-9-27-10-8-17/h1-13H,(H,28,29)(H,30,32). The van der Waals surface area contributed by atoms with Gasteiger partial charge in [-0.3, -0.25) is 20.6 Å². The van der Waals surface area contributed by atoms with Crippen LogP contribution in [0.1, 0.15) is 16.1 Å². The van der Waals surface area contributed by atoms with E-state index in [2.05, 4.69) is 20.8 Å². The highest BCUT2D eigenvalue weighted by atomic mass is 35.5. The van der Waals surface area contributed by atoms with Crippen molar-refractivity contribution in [1.29, 1.82) is 0 Å². The average Bonchev–Trinajstić information content (AvgIpc) is 3.29. The Hall–Kier alpha value is -4.05. The molecule has 3 aromatic heterocycles. The highest BCUT2D eigenvalue weighted by molar-refractivity contribution is 6.33. The van der Waals surface area contributed by atoms with Crippen LogP contribution in [-0.2, 0) is 6.18 Å². The second-order valence-electron chi connectivity index (χ2n) is 6.67. The van der Waals surface area contributed by atoms with Crippen LogP contribution in [0.25, 0.3) is 5.69 Å². The van der Waals surface area contributed by atoms with E-state index in [1.165, 1.54) is 0 Å². The lowest BCUT2D eigenvalue weighted by molar-refractivity contribution is -0.137. The van der Waals surface area contributed by atoms with E-state index in [0.717, 1.165) is 6.07 Å². The number of hydrazine groups is 1. The predicted molar refractivity (Wildman–Crippen MR) is 115 cm³/mol. The number of hydrogen-bond donors (Lipinski definition) is 2. The minimum atomic E-state index is -4.57. The van der Waals surface area contributed by atoms with E-state index in [0.29, 0.717) is 23.4 Å². The van der Waals surface area contributed by atoms with Crippen molar-refractivity contribution in [3.8, 4) is 17.2 Å². The van der Waals surface area contributed by atoms with Gasteiger partial charge in [-0.25, -0.2) is 4.98 Å². The van der Waals surface area contributed by atoms with Gasteiger partial charge in [-0.05, 0) is 54.6 Å². The lowest BCUT2D eigenvalue weighted by Gasteiger charge is -2.13. The van der Waals surface area contributed by atoms with E-state index in [-0.39, 0.29) is 16.5 Å². The third-order valence-corrected chi connectivity index (χ3v) is 4.73. The van der Waals surface area contributed by atoms with Crippen LogP contribution in [0, 0.1) is 0 Å². The topological polar surface area (TPSA) is 81.1 Å². The molecule has 3 heterocycles. The first kappa shape index (κ1) is 22.2. The van der Waals surface area contributed by atoms with E-state index in [4.69, 9.17) is 16.3 Å². The van der Waals surface area contributed by atoms with Crippen LogP contribution in [0.15, 0.2) is 79.4 Å². The molecule has 0 bridgehead atoms. The lowest BCUT2D eigenvalue weighted by atomic mass is 10.3. The molecule has 0 aliphatic rings. The Morgan fingerprint density at radius 3 is 2.39 bits per heavy atom. The molecule has 2 N–H and O–H groups in total. The molecule has 1 amide bonds. The minimum absolute atomic E-state index is 0.117. The van der Waals surface area contributed by atoms with E-state index in [1.54, 1.807) is 71.7 Å². The predicted octanol–water partition coefficient (Wildman–Crippen LogP) is 5.49. The Labute approximate surface area is 190 Å². The van der Waals surface area contributed by atoms with Crippen molar-refractivity contribution in [2.45, 2.75) is 6.18 Å². The van der Waals surface area contributed by atoms with Crippen molar-refractivity contribution >= 4 is 23.3 Å². The van der Waals surface area contributed by atoms with Crippen LogP contribution in [0.2, 0.25) is 5.02 Å². The summed E-state index contributed by atoms with van der Waals surface area (Å²) in [7, 11) is 0. The third-order valence-electron chi connectivity index (χ3n) is 4.44. The first-order valence-corrected chi connectivity index (χ1v) is 9.84. The molecule has 1 aromatic carbocycles. The molecule has 4 aromatic rings. The number of benzene rings is 1. The van der Waals surface area contributed by atoms with E-state index >= 15 is 0 Å². The van der Waals surface area contributed by atoms with E-state index in [9.17, 15) is 18.0 Å². The molecule has 0 unspecified atom stereocenters. The number of pyridine rings is 2. The van der Waals surface area contributed by atoms with Gasteiger partial charge in [0.05, 0.1) is 10.6 Å². The molecule has 0 aliphatic heterocycles. The monoisotopic (exact) mass is 473 g/mol. The number of nitrogens with zero attached hydrogens (tertiary/aromatic N) is 3. The molecule has 11 heteroatoms. The van der Waals surface area contributed by atoms with Crippen LogP contribution in [0.4, 0.5) is 19.0 Å². The zero-order valence-corrected chi connectivity index (χ0v) is 17.4. The van der Waals surface area contributed by atoms with Gasteiger partial charge in [-0.2, -0.15) is 13.2 Å². The van der Waals surface area contributed by atoms with Crippen LogP contribution in [0.3, 0.4) is 0 Å². The van der Waals surface area contributed by atoms with Gasteiger partial charge >= 0.3 is 6.18 Å². The maximum atomic E-state index is 12.7. The summed E-state index contributed by atoms with van der Waals surface area (Å²) in [5, 5.41) is -0.287. The van der Waals surface area contributed by atoms with E-state index in [1.807, 2.05) is 0 Å². The third kappa shape index (κ3) is 5.24. The summed E-state index contributed by atoms with van der Waals surface area (Å²) < 4.78 is 45.6. The van der Waals surface area contributed by atoms with Gasteiger partial charge in [0.2, 0.25) is 0 Å². The number of aromatic nitrogens is 3. The molecule has 0 aliphatic carbocycles. The number of rotatable bonds is 6. The Balaban J connectivity index is 1.44. The Morgan fingerprint density at radius 2 is 1.73 bits per heavy atom. The quantitative estimate of drug-likeness (QED) is 0.362. The van der Waals surface area contributed by atoms with Gasteiger partial charge in [0.25, 0.3) is 5.91 Å². The number of carbonyl (C=O) groups excluding carboxylic acids is 1. The maximum Gasteiger partial charge on any atom is 0.417 e. The van der Waals surface area contributed by atoms with Crippen molar-refractivity contribution in [2.75, 3.05) is 5.43 Å². The van der Waals surface area contributed by atoms with Crippen molar-refractivity contribution in [1.82, 2.24) is 20.0 Å². The number of anilines is 1. The Morgan fingerprint density at radius 1 is 1.03 bits per heavy atom. The fraction of sp³-hybridized carbons (Fsp3) is 0.0455. The smallest absolute Gasteiger partial charge is 0.417 e. The molecule has 33 heavy (non-hydrogen) atoms. The fourth-order valence-electron chi connectivity index (χ4n) is 2.87. The molecule has 0 radical (unpaired) electrons. The number of amides is 1. The highest BCUT2D eigenvalue weighted by Crippen LogP contribution is 2.32. The molecular weight excluding hydrogens is 459 g/mol. The minimum Gasteiger partial charge on any atom is -0.457 e. The summed E-state index contributed by atoms with van der Waals surface area (Å²) >= 11 is 5.85. The number of ether oxygens (including phenoxy) is 1. The van der Waals surface area contributed by atoms with Crippen molar-refractivity contribution in [2.24, 2.45) is 0 Å². The number of carbonyl (C=O) groups is 1. The zero-order chi connectivity index (χ0) is 23.4. The largest absolute Gasteiger partial charge is 0.457 e. The van der Waals surface area contributed by atoms with Crippen LogP contribution >= 0.6 is 11.6 Å². The summed E-state index contributed by atoms with van der Waals surface area (Å²) in [6, 6.07) is 14.5. The van der Waals surface area contributed by atoms with Gasteiger partial charge in [0.15, 0.2) is 5.82 Å². The number of hydrogen-bond acceptors (Lipinski definition) is 5. The molecule has 0 saturated heterocycles. The summed E-state index contributed by atoms with van der Waals surface area (Å²) in [5.74, 6) is 0.580. The molecule has 168 valence electrons.